The van der Waals surface area contributed by atoms with E-state index >= 15 is 0 Å². The van der Waals surface area contributed by atoms with Gasteiger partial charge in [0.2, 0.25) is 10.0 Å². The molecule has 0 saturated heterocycles. The predicted octanol–water partition coefficient (Wildman–Crippen LogP) is 3.30. The third-order valence-electron chi connectivity index (χ3n) is 3.01. The van der Waals surface area contributed by atoms with E-state index in [1.807, 2.05) is 6.92 Å². The number of sulfonamides is 1. The highest BCUT2D eigenvalue weighted by molar-refractivity contribution is 7.89. The summed E-state index contributed by atoms with van der Waals surface area (Å²) in [6, 6.07) is 9.99. The molecule has 0 aliphatic heterocycles. The van der Waals surface area contributed by atoms with Crippen molar-refractivity contribution in [1.82, 2.24) is 0 Å². The first-order valence-electron chi connectivity index (χ1n) is 6.12. The van der Waals surface area contributed by atoms with Crippen LogP contribution in [0.2, 0.25) is 5.02 Å². The Morgan fingerprint density at radius 3 is 2.38 bits per heavy atom. The normalized spacial score (nSPS) is 13.0. The van der Waals surface area contributed by atoms with Gasteiger partial charge >= 0.3 is 0 Å². The summed E-state index contributed by atoms with van der Waals surface area (Å²) in [5.74, 6) is -0.319. The summed E-state index contributed by atoms with van der Waals surface area (Å²) in [6.45, 7) is 1.85. The molecule has 4 nitrogen and oxygen atoms in total. The molecule has 21 heavy (non-hydrogen) atoms. The fourth-order valence-corrected chi connectivity index (χ4v) is 2.57. The molecule has 0 aliphatic rings. The van der Waals surface area contributed by atoms with Gasteiger partial charge in [-0.2, -0.15) is 0 Å². The van der Waals surface area contributed by atoms with Crippen LogP contribution in [0.5, 0.6) is 0 Å². The van der Waals surface area contributed by atoms with E-state index < -0.39 is 10.0 Å². The number of nitrogens with two attached hydrogens (primary N) is 1. The lowest BCUT2D eigenvalue weighted by molar-refractivity contribution is 0.598. The van der Waals surface area contributed by atoms with Gasteiger partial charge < -0.3 is 5.32 Å². The molecular weight excluding hydrogens is 315 g/mol. The zero-order valence-corrected chi connectivity index (χ0v) is 12.7. The van der Waals surface area contributed by atoms with Gasteiger partial charge in [0, 0.05) is 6.04 Å². The topological polar surface area (TPSA) is 72.2 Å². The van der Waals surface area contributed by atoms with Crippen LogP contribution in [-0.4, -0.2) is 8.42 Å². The summed E-state index contributed by atoms with van der Waals surface area (Å²) >= 11 is 6.04. The molecule has 2 aromatic carbocycles. The van der Waals surface area contributed by atoms with Gasteiger partial charge in [0.15, 0.2) is 0 Å². The van der Waals surface area contributed by atoms with Gasteiger partial charge in [-0.05, 0) is 42.8 Å². The number of anilines is 1. The quantitative estimate of drug-likeness (QED) is 0.904. The molecule has 0 aromatic heterocycles. The molecule has 2 rings (SSSR count). The molecule has 0 bridgehead atoms. The molecule has 112 valence electrons. The lowest BCUT2D eigenvalue weighted by atomic mass is 10.1. The van der Waals surface area contributed by atoms with E-state index in [4.69, 9.17) is 16.7 Å². The summed E-state index contributed by atoms with van der Waals surface area (Å²) < 4.78 is 35.6. The van der Waals surface area contributed by atoms with Crippen LogP contribution in [0.25, 0.3) is 0 Å². The summed E-state index contributed by atoms with van der Waals surface area (Å²) in [5, 5.41) is 8.55. The summed E-state index contributed by atoms with van der Waals surface area (Å²) in [7, 11) is -3.80. The molecule has 3 N–H and O–H groups in total. The van der Waals surface area contributed by atoms with Crippen molar-refractivity contribution in [1.29, 1.82) is 0 Å². The minimum Gasteiger partial charge on any atom is -0.377 e. The van der Waals surface area contributed by atoms with Crippen molar-refractivity contribution in [3.63, 3.8) is 0 Å². The Morgan fingerprint density at radius 2 is 1.81 bits per heavy atom. The molecule has 1 unspecified atom stereocenters. The molecule has 0 saturated carbocycles. The van der Waals surface area contributed by atoms with Crippen molar-refractivity contribution in [3.05, 3.63) is 58.9 Å². The molecule has 1 atom stereocenters. The highest BCUT2D eigenvalue weighted by Gasteiger charge is 2.13. The molecule has 0 radical (unpaired) electrons. The van der Waals surface area contributed by atoms with Gasteiger partial charge in [-0.1, -0.05) is 23.7 Å². The van der Waals surface area contributed by atoms with Gasteiger partial charge in [-0.15, -0.1) is 0 Å². The van der Waals surface area contributed by atoms with Crippen molar-refractivity contribution in [3.8, 4) is 0 Å². The van der Waals surface area contributed by atoms with Crippen LogP contribution in [0, 0.1) is 5.82 Å². The Bertz CT molecular complexity index is 748. The van der Waals surface area contributed by atoms with Crippen molar-refractivity contribution in [2.45, 2.75) is 17.9 Å². The van der Waals surface area contributed by atoms with Crippen LogP contribution < -0.4 is 10.5 Å². The Hall–Kier alpha value is -1.63. The van der Waals surface area contributed by atoms with E-state index in [9.17, 15) is 12.8 Å². The van der Waals surface area contributed by atoms with Gasteiger partial charge in [0.1, 0.15) is 5.82 Å². The van der Waals surface area contributed by atoms with Gasteiger partial charge in [0.25, 0.3) is 0 Å². The maximum absolute atomic E-state index is 12.9. The van der Waals surface area contributed by atoms with Crippen LogP contribution in [0.15, 0.2) is 47.4 Å². The van der Waals surface area contributed by atoms with Crippen molar-refractivity contribution < 1.29 is 12.8 Å². The first-order valence-corrected chi connectivity index (χ1v) is 8.04. The van der Waals surface area contributed by atoms with Crippen LogP contribution in [-0.2, 0) is 10.0 Å². The average Bonchev–Trinajstić information content (AvgIpc) is 2.40. The average molecular weight is 329 g/mol. The minimum absolute atomic E-state index is 0.0271. The third kappa shape index (κ3) is 3.93. The Morgan fingerprint density at radius 1 is 1.19 bits per heavy atom. The Labute approximate surface area is 127 Å². The van der Waals surface area contributed by atoms with Crippen molar-refractivity contribution >= 4 is 27.3 Å². The summed E-state index contributed by atoms with van der Waals surface area (Å²) in [4.78, 5) is -0.0271. The van der Waals surface area contributed by atoms with Crippen LogP contribution in [0.3, 0.4) is 0 Å². The first kappa shape index (κ1) is 15.8. The number of benzene rings is 2. The van der Waals surface area contributed by atoms with Gasteiger partial charge in [-0.3, -0.25) is 0 Å². The highest BCUT2D eigenvalue weighted by atomic mass is 35.5. The molecule has 2 aromatic rings. The molecule has 0 heterocycles. The lowest BCUT2D eigenvalue weighted by Crippen LogP contribution is -2.13. The van der Waals surface area contributed by atoms with Crippen molar-refractivity contribution in [2.24, 2.45) is 5.14 Å². The Balaban J connectivity index is 2.28. The summed E-state index contributed by atoms with van der Waals surface area (Å²) in [5.41, 5.74) is 1.29. The highest BCUT2D eigenvalue weighted by Crippen LogP contribution is 2.28. The molecule has 0 spiro atoms. The number of halogens is 2. The van der Waals surface area contributed by atoms with Crippen LogP contribution in [0.1, 0.15) is 18.5 Å². The van der Waals surface area contributed by atoms with Crippen LogP contribution >= 0.6 is 11.6 Å². The van der Waals surface area contributed by atoms with Gasteiger partial charge in [-0.25, -0.2) is 17.9 Å². The second kappa shape index (κ2) is 6.01. The second-order valence-corrected chi connectivity index (χ2v) is 6.57. The van der Waals surface area contributed by atoms with Crippen molar-refractivity contribution in [2.75, 3.05) is 5.32 Å². The Kier molecular flexibility index (Phi) is 4.51. The number of hydrogen-bond acceptors (Lipinski definition) is 3. The predicted molar refractivity (Wildman–Crippen MR) is 81.3 cm³/mol. The SMILES string of the molecule is CC(Nc1cc(S(N)(=O)=O)ccc1Cl)c1ccc(F)cc1. The zero-order chi connectivity index (χ0) is 15.6. The molecule has 0 aliphatic carbocycles. The minimum atomic E-state index is -3.80. The van der Waals surface area contributed by atoms with Crippen LogP contribution in [0.4, 0.5) is 10.1 Å². The molecule has 0 fully saturated rings. The fraction of sp³-hybridized carbons (Fsp3) is 0.143. The second-order valence-electron chi connectivity index (χ2n) is 4.60. The maximum atomic E-state index is 12.9. The number of primary sulfonamides is 1. The monoisotopic (exact) mass is 328 g/mol. The lowest BCUT2D eigenvalue weighted by Gasteiger charge is -2.17. The van der Waals surface area contributed by atoms with E-state index in [-0.39, 0.29) is 16.8 Å². The number of hydrogen-bond donors (Lipinski definition) is 2. The van der Waals surface area contributed by atoms with Gasteiger partial charge in [0.05, 0.1) is 15.6 Å². The van der Waals surface area contributed by atoms with E-state index in [0.717, 1.165) is 5.56 Å². The van der Waals surface area contributed by atoms with E-state index in [2.05, 4.69) is 5.32 Å². The van der Waals surface area contributed by atoms with E-state index in [1.165, 1.54) is 30.3 Å². The maximum Gasteiger partial charge on any atom is 0.238 e. The molecule has 7 heteroatoms. The fourth-order valence-electron chi connectivity index (χ4n) is 1.86. The smallest absolute Gasteiger partial charge is 0.238 e. The third-order valence-corrected chi connectivity index (χ3v) is 4.25. The first-order chi connectivity index (χ1) is 9.77. The molecular formula is C14H14ClFN2O2S. The van der Waals surface area contributed by atoms with E-state index in [0.29, 0.717) is 10.7 Å². The zero-order valence-electron chi connectivity index (χ0n) is 11.2. The molecule has 0 amide bonds. The number of nitrogens with one attached hydrogen (secondary N) is 1. The van der Waals surface area contributed by atoms with E-state index in [1.54, 1.807) is 12.1 Å². The standard InChI is InChI=1S/C14H14ClFN2O2S/c1-9(10-2-4-11(16)5-3-10)18-14-8-12(21(17,19)20)6-7-13(14)15/h2-9,18H,1H3,(H2,17,19,20). The number of rotatable bonds is 4. The summed E-state index contributed by atoms with van der Waals surface area (Å²) in [6.07, 6.45) is 0. The largest absolute Gasteiger partial charge is 0.377 e.